The number of aromatic amines is 1. The van der Waals surface area contributed by atoms with Crippen molar-refractivity contribution in [2.45, 2.75) is 30.3 Å². The maximum Gasteiger partial charge on any atom is 0.280 e. The van der Waals surface area contributed by atoms with E-state index in [1.807, 2.05) is 0 Å². The quantitative estimate of drug-likeness (QED) is 0.349. The van der Waals surface area contributed by atoms with Crippen molar-refractivity contribution in [1.82, 2.24) is 15.3 Å². The maximum absolute atomic E-state index is 11.7. The molecule has 108 valence electrons. The van der Waals surface area contributed by atoms with Crippen molar-refractivity contribution in [3.05, 3.63) is 16.0 Å². The first-order valence-electron chi connectivity index (χ1n) is 6.06. The third-order valence-electron chi connectivity index (χ3n) is 3.58. The number of aliphatic hydroxyl groups is 3. The summed E-state index contributed by atoms with van der Waals surface area (Å²) in [7, 11) is 0. The van der Waals surface area contributed by atoms with Gasteiger partial charge in [0.1, 0.15) is 11.7 Å². The molecule has 0 aliphatic carbocycles. The SMILES string of the molecule is Nc1nc2c(c(=O)[nH]1)N=NC2[C@H]1N[C@@H](CO)[C@H](O)[C@@H]1O. The van der Waals surface area contributed by atoms with Gasteiger partial charge in [-0.2, -0.15) is 5.11 Å². The smallest absolute Gasteiger partial charge is 0.280 e. The molecule has 7 N–H and O–H groups in total. The van der Waals surface area contributed by atoms with Crippen LogP contribution in [0.15, 0.2) is 15.0 Å². The number of nitrogens with one attached hydrogen (secondary N) is 2. The topological polar surface area (TPSA) is 169 Å². The zero-order valence-electron chi connectivity index (χ0n) is 10.3. The normalized spacial score (nSPS) is 35.5. The molecule has 0 radical (unpaired) electrons. The average Bonchev–Trinajstić information content (AvgIpc) is 2.93. The molecule has 2 aliphatic rings. The van der Waals surface area contributed by atoms with Gasteiger partial charge in [-0.05, 0) is 0 Å². The predicted molar refractivity (Wildman–Crippen MR) is 66.3 cm³/mol. The number of nitrogen functional groups attached to an aromatic ring is 1. The van der Waals surface area contributed by atoms with E-state index < -0.39 is 35.9 Å². The Hall–Kier alpha value is -1.88. The van der Waals surface area contributed by atoms with Gasteiger partial charge >= 0.3 is 0 Å². The predicted octanol–water partition coefficient (Wildman–Crippen LogP) is -2.45. The van der Waals surface area contributed by atoms with Crippen LogP contribution in [0.5, 0.6) is 0 Å². The average molecular weight is 282 g/mol. The molecule has 1 aromatic rings. The summed E-state index contributed by atoms with van der Waals surface area (Å²) in [6, 6.07) is -2.12. The summed E-state index contributed by atoms with van der Waals surface area (Å²) in [5.41, 5.74) is 5.26. The van der Waals surface area contributed by atoms with Crippen molar-refractivity contribution in [3.63, 3.8) is 0 Å². The fraction of sp³-hybridized carbons (Fsp3) is 0.600. The number of aromatic nitrogens is 2. The molecule has 20 heavy (non-hydrogen) atoms. The van der Waals surface area contributed by atoms with Crippen LogP contribution in [0.1, 0.15) is 11.7 Å². The first kappa shape index (κ1) is 13.1. The van der Waals surface area contributed by atoms with Crippen LogP contribution in [-0.4, -0.2) is 56.2 Å². The van der Waals surface area contributed by atoms with E-state index in [2.05, 4.69) is 25.5 Å². The molecule has 3 rings (SSSR count). The number of rotatable bonds is 2. The van der Waals surface area contributed by atoms with Gasteiger partial charge in [-0.1, -0.05) is 0 Å². The Labute approximate surface area is 112 Å². The van der Waals surface area contributed by atoms with Crippen LogP contribution in [0.25, 0.3) is 0 Å². The number of anilines is 1. The highest BCUT2D eigenvalue weighted by Gasteiger charge is 2.47. The van der Waals surface area contributed by atoms with Crippen LogP contribution in [0, 0.1) is 0 Å². The fourth-order valence-corrected chi connectivity index (χ4v) is 2.56. The number of nitrogens with zero attached hydrogens (tertiary/aromatic N) is 3. The Morgan fingerprint density at radius 2 is 2.05 bits per heavy atom. The fourth-order valence-electron chi connectivity index (χ4n) is 2.56. The van der Waals surface area contributed by atoms with Crippen molar-refractivity contribution in [1.29, 1.82) is 0 Å². The summed E-state index contributed by atoms with van der Waals surface area (Å²) in [5, 5.41) is 39.4. The van der Waals surface area contributed by atoms with Gasteiger partial charge in [0.25, 0.3) is 5.56 Å². The van der Waals surface area contributed by atoms with Gasteiger partial charge in [-0.3, -0.25) is 9.78 Å². The van der Waals surface area contributed by atoms with E-state index in [1.54, 1.807) is 0 Å². The maximum atomic E-state index is 11.7. The van der Waals surface area contributed by atoms with E-state index >= 15 is 0 Å². The molecule has 0 saturated carbocycles. The molecular formula is C10H14N6O4. The number of hydrogen-bond acceptors (Lipinski definition) is 9. The standard InChI is InChI=1S/C10H14N6O4/c11-10-13-3-4(15-16-6(3)9(20)14-10)5-8(19)7(18)2(1-17)12-5/h2,4-5,7-8,12,17-19H,1H2,(H3,11,13,14,20)/t2-,4?,5+,7-,8+/m0/s1. The zero-order chi connectivity index (χ0) is 14.4. The van der Waals surface area contributed by atoms with E-state index in [0.29, 0.717) is 0 Å². The zero-order valence-corrected chi connectivity index (χ0v) is 10.3. The monoisotopic (exact) mass is 282 g/mol. The van der Waals surface area contributed by atoms with Crippen molar-refractivity contribution in [2.24, 2.45) is 10.2 Å². The van der Waals surface area contributed by atoms with Crippen molar-refractivity contribution < 1.29 is 15.3 Å². The molecule has 2 aliphatic heterocycles. The van der Waals surface area contributed by atoms with E-state index in [-0.39, 0.29) is 23.9 Å². The number of aliphatic hydroxyl groups excluding tert-OH is 3. The largest absolute Gasteiger partial charge is 0.395 e. The van der Waals surface area contributed by atoms with Crippen molar-refractivity contribution >= 4 is 11.6 Å². The molecule has 0 aromatic carbocycles. The molecule has 0 spiro atoms. The third kappa shape index (κ3) is 1.81. The lowest BCUT2D eigenvalue weighted by Gasteiger charge is -2.19. The van der Waals surface area contributed by atoms with Gasteiger partial charge in [0.05, 0.1) is 30.9 Å². The summed E-state index contributed by atoms with van der Waals surface area (Å²) < 4.78 is 0. The molecule has 1 saturated heterocycles. The third-order valence-corrected chi connectivity index (χ3v) is 3.58. The number of hydrogen-bond donors (Lipinski definition) is 6. The molecule has 1 aromatic heterocycles. The molecule has 1 fully saturated rings. The van der Waals surface area contributed by atoms with E-state index in [4.69, 9.17) is 10.8 Å². The van der Waals surface area contributed by atoms with Gasteiger partial charge < -0.3 is 26.4 Å². The van der Waals surface area contributed by atoms with Crippen LogP contribution in [0.3, 0.4) is 0 Å². The Bertz CT molecular complexity index is 616. The Morgan fingerprint density at radius 1 is 1.30 bits per heavy atom. The highest BCUT2D eigenvalue weighted by Crippen LogP contribution is 2.37. The Kier molecular flexibility index (Phi) is 3.01. The molecule has 0 amide bonds. The summed E-state index contributed by atoms with van der Waals surface area (Å²) in [6.07, 6.45) is -2.30. The van der Waals surface area contributed by atoms with E-state index in [0.717, 1.165) is 0 Å². The first-order chi connectivity index (χ1) is 9.52. The second kappa shape index (κ2) is 4.59. The highest BCUT2D eigenvalue weighted by molar-refractivity contribution is 5.47. The van der Waals surface area contributed by atoms with Gasteiger partial charge in [0, 0.05) is 0 Å². The number of H-pyrrole nitrogens is 1. The molecule has 3 heterocycles. The molecule has 1 unspecified atom stereocenters. The second-order valence-electron chi connectivity index (χ2n) is 4.81. The molecule has 10 heteroatoms. The highest BCUT2D eigenvalue weighted by atomic mass is 16.3. The minimum atomic E-state index is -1.16. The summed E-state index contributed by atoms with van der Waals surface area (Å²) in [5.74, 6) is -0.0715. The second-order valence-corrected chi connectivity index (χ2v) is 4.81. The molecular weight excluding hydrogens is 268 g/mol. The number of azo groups is 1. The van der Waals surface area contributed by atoms with E-state index in [9.17, 15) is 15.0 Å². The molecule has 5 atom stereocenters. The minimum Gasteiger partial charge on any atom is -0.395 e. The van der Waals surface area contributed by atoms with Gasteiger partial charge in [0.2, 0.25) is 5.95 Å². The van der Waals surface area contributed by atoms with Crippen LogP contribution < -0.4 is 16.6 Å². The lowest BCUT2D eigenvalue weighted by Crippen LogP contribution is -2.39. The van der Waals surface area contributed by atoms with Crippen LogP contribution >= 0.6 is 0 Å². The lowest BCUT2D eigenvalue weighted by atomic mass is 9.99. The van der Waals surface area contributed by atoms with Crippen LogP contribution in [-0.2, 0) is 0 Å². The van der Waals surface area contributed by atoms with Gasteiger partial charge in [-0.15, -0.1) is 5.11 Å². The number of nitrogens with two attached hydrogens (primary N) is 1. The van der Waals surface area contributed by atoms with Crippen LogP contribution in [0.4, 0.5) is 11.6 Å². The summed E-state index contributed by atoms with van der Waals surface area (Å²) in [6.45, 7) is -0.337. The minimum absolute atomic E-state index is 0.0418. The van der Waals surface area contributed by atoms with E-state index in [1.165, 1.54) is 0 Å². The lowest BCUT2D eigenvalue weighted by molar-refractivity contribution is 0.0168. The van der Waals surface area contributed by atoms with Crippen molar-refractivity contribution in [2.75, 3.05) is 12.3 Å². The summed E-state index contributed by atoms with van der Waals surface area (Å²) in [4.78, 5) is 18.0. The Morgan fingerprint density at radius 3 is 2.70 bits per heavy atom. The van der Waals surface area contributed by atoms with Gasteiger partial charge in [-0.25, -0.2) is 4.98 Å². The van der Waals surface area contributed by atoms with Gasteiger partial charge in [0.15, 0.2) is 5.69 Å². The Balaban J connectivity index is 1.96. The van der Waals surface area contributed by atoms with Crippen molar-refractivity contribution in [3.8, 4) is 0 Å². The molecule has 0 bridgehead atoms. The van der Waals surface area contributed by atoms with Crippen LogP contribution in [0.2, 0.25) is 0 Å². The molecule has 10 nitrogen and oxygen atoms in total. The summed E-state index contributed by atoms with van der Waals surface area (Å²) >= 11 is 0. The number of fused-ring (bicyclic) bond motifs is 1. The first-order valence-corrected chi connectivity index (χ1v) is 6.06.